The van der Waals surface area contributed by atoms with Gasteiger partial charge in [-0.05, 0) is 48.2 Å². The van der Waals surface area contributed by atoms with Crippen molar-refractivity contribution in [3.63, 3.8) is 0 Å². The summed E-state index contributed by atoms with van der Waals surface area (Å²) in [5.74, 6) is 0.513. The second kappa shape index (κ2) is 8.78. The second-order valence-corrected chi connectivity index (χ2v) is 6.39. The van der Waals surface area contributed by atoms with Crippen molar-refractivity contribution < 1.29 is 13.9 Å². The van der Waals surface area contributed by atoms with Gasteiger partial charge in [0.25, 0.3) is 0 Å². The molecule has 0 aliphatic carbocycles. The van der Waals surface area contributed by atoms with Gasteiger partial charge in [-0.3, -0.25) is 4.79 Å². The maximum Gasteiger partial charge on any atom is 0.238 e. The number of hydrazine groups is 1. The molecule has 3 N–H and O–H groups in total. The summed E-state index contributed by atoms with van der Waals surface area (Å²) in [7, 11) is 0. The molecule has 1 aliphatic rings. The highest BCUT2D eigenvalue weighted by molar-refractivity contribution is 5.82. The number of hydrogen-bond donors (Lipinski definition) is 3. The van der Waals surface area contributed by atoms with Crippen molar-refractivity contribution in [2.75, 3.05) is 6.61 Å². The average molecular weight is 357 g/mol. The van der Waals surface area contributed by atoms with Gasteiger partial charge in [0.2, 0.25) is 5.91 Å². The second-order valence-electron chi connectivity index (χ2n) is 6.39. The summed E-state index contributed by atoms with van der Waals surface area (Å²) in [5.41, 5.74) is 8.08. The van der Waals surface area contributed by atoms with Gasteiger partial charge in [0.1, 0.15) is 17.6 Å². The number of benzene rings is 2. The van der Waals surface area contributed by atoms with Crippen LogP contribution in [0.1, 0.15) is 36.9 Å². The monoisotopic (exact) mass is 357 g/mol. The largest absolute Gasteiger partial charge is 0.494 e. The van der Waals surface area contributed by atoms with Crippen molar-refractivity contribution >= 4 is 5.91 Å². The lowest BCUT2D eigenvalue weighted by Gasteiger charge is -2.11. The molecule has 0 saturated carbocycles. The molecule has 1 saturated heterocycles. The lowest BCUT2D eigenvalue weighted by atomic mass is 10.0. The molecule has 5 nitrogen and oxygen atoms in total. The van der Waals surface area contributed by atoms with E-state index in [0.717, 1.165) is 23.3 Å². The third-order valence-corrected chi connectivity index (χ3v) is 4.36. The first-order valence-electron chi connectivity index (χ1n) is 8.91. The molecule has 0 radical (unpaired) electrons. The van der Waals surface area contributed by atoms with Gasteiger partial charge in [0.05, 0.1) is 6.61 Å². The molecule has 2 unspecified atom stereocenters. The van der Waals surface area contributed by atoms with Crippen LogP contribution in [0.5, 0.6) is 5.75 Å². The number of carbonyl (C=O) groups is 1. The van der Waals surface area contributed by atoms with Crippen molar-refractivity contribution in [2.24, 2.45) is 0 Å². The average Bonchev–Trinajstić information content (AvgIpc) is 3.16. The summed E-state index contributed by atoms with van der Waals surface area (Å²) in [4.78, 5) is 12.4. The van der Waals surface area contributed by atoms with Gasteiger partial charge in [0.15, 0.2) is 0 Å². The van der Waals surface area contributed by atoms with Crippen LogP contribution in [0.4, 0.5) is 4.39 Å². The predicted octanol–water partition coefficient (Wildman–Crippen LogP) is 2.84. The van der Waals surface area contributed by atoms with Crippen LogP contribution < -0.4 is 20.9 Å². The van der Waals surface area contributed by atoms with Crippen LogP contribution in [0.2, 0.25) is 0 Å². The zero-order valence-corrected chi connectivity index (χ0v) is 14.8. The number of carbonyl (C=O) groups excluding carboxylic acids is 1. The van der Waals surface area contributed by atoms with Crippen LogP contribution in [0, 0.1) is 5.82 Å². The summed E-state index contributed by atoms with van der Waals surface area (Å²) >= 11 is 0. The SMILES string of the molecule is CCCOc1ccc(CNC(=O)C2CC(c3ccc(F)cc3)NN2)cc1. The summed E-state index contributed by atoms with van der Waals surface area (Å²) in [6.07, 6.45) is 1.58. The molecule has 2 aromatic carbocycles. The Hall–Kier alpha value is -2.44. The Labute approximate surface area is 152 Å². The molecular formula is C20H24FN3O2. The fourth-order valence-corrected chi connectivity index (χ4v) is 2.88. The molecule has 2 aromatic rings. The zero-order chi connectivity index (χ0) is 18.4. The smallest absolute Gasteiger partial charge is 0.238 e. The van der Waals surface area contributed by atoms with Crippen molar-refractivity contribution in [2.45, 2.75) is 38.4 Å². The van der Waals surface area contributed by atoms with E-state index in [2.05, 4.69) is 23.1 Å². The Morgan fingerprint density at radius 2 is 1.88 bits per heavy atom. The van der Waals surface area contributed by atoms with E-state index in [9.17, 15) is 9.18 Å². The quantitative estimate of drug-likeness (QED) is 0.713. The van der Waals surface area contributed by atoms with E-state index >= 15 is 0 Å². The van der Waals surface area contributed by atoms with E-state index in [4.69, 9.17) is 4.74 Å². The van der Waals surface area contributed by atoms with Crippen LogP contribution in [0.25, 0.3) is 0 Å². The van der Waals surface area contributed by atoms with Crippen LogP contribution in [-0.2, 0) is 11.3 Å². The van der Waals surface area contributed by atoms with Gasteiger partial charge in [-0.15, -0.1) is 0 Å². The number of hydrogen-bond acceptors (Lipinski definition) is 4. The number of halogens is 1. The molecular weight excluding hydrogens is 333 g/mol. The van der Waals surface area contributed by atoms with Crippen molar-refractivity contribution in [3.05, 3.63) is 65.5 Å². The first kappa shape index (κ1) is 18.4. The van der Waals surface area contributed by atoms with E-state index in [1.165, 1.54) is 12.1 Å². The number of rotatable bonds is 7. The van der Waals surface area contributed by atoms with E-state index in [0.29, 0.717) is 19.6 Å². The van der Waals surface area contributed by atoms with E-state index < -0.39 is 0 Å². The lowest BCUT2D eigenvalue weighted by Crippen LogP contribution is -2.42. The minimum Gasteiger partial charge on any atom is -0.494 e. The third kappa shape index (κ3) is 4.80. The molecule has 6 heteroatoms. The van der Waals surface area contributed by atoms with Crippen LogP contribution >= 0.6 is 0 Å². The Bertz CT molecular complexity index is 719. The van der Waals surface area contributed by atoms with E-state index in [-0.39, 0.29) is 23.8 Å². The maximum atomic E-state index is 13.0. The topological polar surface area (TPSA) is 62.4 Å². The molecule has 0 bridgehead atoms. The predicted molar refractivity (Wildman–Crippen MR) is 97.9 cm³/mol. The summed E-state index contributed by atoms with van der Waals surface area (Å²) in [6, 6.07) is 13.7. The molecule has 0 aromatic heterocycles. The maximum absolute atomic E-state index is 13.0. The van der Waals surface area contributed by atoms with Gasteiger partial charge >= 0.3 is 0 Å². The molecule has 138 valence electrons. The van der Waals surface area contributed by atoms with Crippen LogP contribution in [0.3, 0.4) is 0 Å². The van der Waals surface area contributed by atoms with Crippen LogP contribution in [-0.4, -0.2) is 18.6 Å². The van der Waals surface area contributed by atoms with Crippen LogP contribution in [0.15, 0.2) is 48.5 Å². The van der Waals surface area contributed by atoms with Crippen molar-refractivity contribution in [3.8, 4) is 5.75 Å². The summed E-state index contributed by atoms with van der Waals surface area (Å²) in [6.45, 7) is 3.23. The van der Waals surface area contributed by atoms with E-state index in [1.807, 2.05) is 24.3 Å². The zero-order valence-electron chi connectivity index (χ0n) is 14.8. The first-order chi connectivity index (χ1) is 12.7. The summed E-state index contributed by atoms with van der Waals surface area (Å²) < 4.78 is 18.6. The molecule has 2 atom stereocenters. The Morgan fingerprint density at radius 1 is 1.15 bits per heavy atom. The highest BCUT2D eigenvalue weighted by atomic mass is 19.1. The molecule has 1 fully saturated rings. The highest BCUT2D eigenvalue weighted by Gasteiger charge is 2.29. The minimum absolute atomic E-state index is 0.0126. The molecule has 1 heterocycles. The normalized spacial score (nSPS) is 19.3. The molecule has 1 aliphatic heterocycles. The van der Waals surface area contributed by atoms with Crippen molar-refractivity contribution in [1.29, 1.82) is 0 Å². The van der Waals surface area contributed by atoms with Gasteiger partial charge in [-0.25, -0.2) is 15.2 Å². The first-order valence-corrected chi connectivity index (χ1v) is 8.91. The van der Waals surface area contributed by atoms with Gasteiger partial charge in [0, 0.05) is 12.6 Å². The van der Waals surface area contributed by atoms with E-state index in [1.54, 1.807) is 12.1 Å². The molecule has 0 spiro atoms. The fraction of sp³-hybridized carbons (Fsp3) is 0.350. The van der Waals surface area contributed by atoms with Crippen molar-refractivity contribution in [1.82, 2.24) is 16.2 Å². The van der Waals surface area contributed by atoms with Gasteiger partial charge in [-0.1, -0.05) is 31.2 Å². The number of ether oxygens (including phenoxy) is 1. The highest BCUT2D eigenvalue weighted by Crippen LogP contribution is 2.22. The molecule has 1 amide bonds. The third-order valence-electron chi connectivity index (χ3n) is 4.36. The number of amides is 1. The standard InChI is InChI=1S/C20H24FN3O2/c1-2-11-26-17-9-3-14(4-10-17)13-22-20(25)19-12-18(23-24-19)15-5-7-16(21)8-6-15/h3-10,18-19,23-24H,2,11-13H2,1H3,(H,22,25). The summed E-state index contributed by atoms with van der Waals surface area (Å²) in [5, 5.41) is 2.94. The fourth-order valence-electron chi connectivity index (χ4n) is 2.88. The van der Waals surface area contributed by atoms with Gasteiger partial charge in [-0.2, -0.15) is 0 Å². The lowest BCUT2D eigenvalue weighted by molar-refractivity contribution is -0.123. The Balaban J connectivity index is 1.47. The Morgan fingerprint density at radius 3 is 2.58 bits per heavy atom. The molecule has 3 rings (SSSR count). The number of nitrogens with one attached hydrogen (secondary N) is 3. The molecule has 26 heavy (non-hydrogen) atoms. The van der Waals surface area contributed by atoms with Gasteiger partial charge < -0.3 is 10.1 Å². The minimum atomic E-state index is -0.322. The Kier molecular flexibility index (Phi) is 6.20.